The number of anilines is 4. The van der Waals surface area contributed by atoms with Crippen molar-refractivity contribution in [3.63, 3.8) is 0 Å². The third kappa shape index (κ3) is 5.76. The second kappa shape index (κ2) is 10.3. The highest BCUT2D eigenvalue weighted by Crippen LogP contribution is 2.22. The third-order valence-electron chi connectivity index (χ3n) is 5.06. The Labute approximate surface area is 193 Å². The van der Waals surface area contributed by atoms with E-state index in [1.807, 2.05) is 0 Å². The molecule has 0 amide bonds. The van der Waals surface area contributed by atoms with E-state index in [1.165, 1.54) is 30.5 Å². The van der Waals surface area contributed by atoms with Gasteiger partial charge in [-0.05, 0) is 31.4 Å². The minimum Gasteiger partial charge on any atom is -0.341 e. The highest BCUT2D eigenvalue weighted by Gasteiger charge is 2.16. The number of non-ortho nitro benzene ring substituents is 2. The molecule has 174 valence electrons. The number of hydrogen-bond donors (Lipinski definition) is 2. The van der Waals surface area contributed by atoms with Crippen molar-refractivity contribution in [1.82, 2.24) is 15.0 Å². The Balaban J connectivity index is 1.56. The van der Waals surface area contributed by atoms with E-state index in [1.54, 1.807) is 24.3 Å². The molecule has 2 aromatic carbocycles. The topological polar surface area (TPSA) is 165 Å². The maximum Gasteiger partial charge on any atom is 0.270 e. The van der Waals surface area contributed by atoms with Gasteiger partial charge in [0, 0.05) is 48.6 Å². The van der Waals surface area contributed by atoms with E-state index in [9.17, 15) is 20.2 Å². The van der Waals surface area contributed by atoms with Crippen molar-refractivity contribution in [3.8, 4) is 0 Å². The Hall–Kier alpha value is -4.68. The van der Waals surface area contributed by atoms with E-state index >= 15 is 0 Å². The van der Waals surface area contributed by atoms with Crippen molar-refractivity contribution in [2.75, 3.05) is 28.7 Å². The molecule has 0 radical (unpaired) electrons. The van der Waals surface area contributed by atoms with E-state index in [4.69, 9.17) is 0 Å². The fourth-order valence-electron chi connectivity index (χ4n) is 3.38. The maximum absolute atomic E-state index is 10.9. The van der Waals surface area contributed by atoms with E-state index in [-0.39, 0.29) is 23.3 Å². The highest BCUT2D eigenvalue weighted by molar-refractivity contribution is 5.81. The number of nitrogens with one attached hydrogen (secondary N) is 2. The molecule has 2 N–H and O–H groups in total. The minimum atomic E-state index is -0.474. The maximum atomic E-state index is 10.9. The van der Waals surface area contributed by atoms with E-state index in [0.29, 0.717) is 17.2 Å². The number of hydrogen-bond acceptors (Lipinski definition) is 11. The summed E-state index contributed by atoms with van der Waals surface area (Å²) in [6.07, 6.45) is 4.64. The molecule has 0 aliphatic carbocycles. The van der Waals surface area contributed by atoms with Crippen LogP contribution in [0.25, 0.3) is 0 Å². The van der Waals surface area contributed by atoms with Gasteiger partial charge in [-0.2, -0.15) is 20.1 Å². The smallest absolute Gasteiger partial charge is 0.270 e. The number of hydrazone groups is 1. The molecule has 0 saturated carbocycles. The van der Waals surface area contributed by atoms with Gasteiger partial charge in [0.05, 0.1) is 16.1 Å². The van der Waals surface area contributed by atoms with E-state index < -0.39 is 9.85 Å². The first kappa shape index (κ1) is 22.5. The summed E-state index contributed by atoms with van der Waals surface area (Å²) in [7, 11) is 0. The predicted octanol–water partition coefficient (Wildman–Crippen LogP) is 3.87. The average molecular weight is 463 g/mol. The van der Waals surface area contributed by atoms with Crippen LogP contribution in [0, 0.1) is 20.2 Å². The molecule has 34 heavy (non-hydrogen) atoms. The Morgan fingerprint density at radius 3 is 2.29 bits per heavy atom. The van der Waals surface area contributed by atoms with Crippen LogP contribution in [-0.4, -0.2) is 44.1 Å². The number of rotatable bonds is 8. The van der Waals surface area contributed by atoms with Gasteiger partial charge in [0.15, 0.2) is 0 Å². The molecule has 13 heteroatoms. The van der Waals surface area contributed by atoms with Gasteiger partial charge in [-0.15, -0.1) is 0 Å². The summed E-state index contributed by atoms with van der Waals surface area (Å²) < 4.78 is 0. The first-order valence-corrected chi connectivity index (χ1v) is 10.5. The molecular weight excluding hydrogens is 442 g/mol. The number of nitro benzene ring substituents is 2. The SMILES string of the molecule is O=[N+]([O-])c1ccc(Nc2nc(NN=Cc3cccc([N+](=O)[O-])c3)nc(N3CCCCC3)n2)cc1. The van der Waals surface area contributed by atoms with Gasteiger partial charge in [0.25, 0.3) is 11.4 Å². The molecule has 1 aliphatic rings. The molecule has 13 nitrogen and oxygen atoms in total. The third-order valence-corrected chi connectivity index (χ3v) is 5.06. The van der Waals surface area contributed by atoms with Crippen LogP contribution in [0.1, 0.15) is 24.8 Å². The zero-order valence-corrected chi connectivity index (χ0v) is 18.0. The molecule has 0 atom stereocenters. The van der Waals surface area contributed by atoms with E-state index in [2.05, 4.69) is 35.7 Å². The fraction of sp³-hybridized carbons (Fsp3) is 0.238. The zero-order chi connectivity index (χ0) is 23.9. The number of aromatic nitrogens is 3. The van der Waals surface area contributed by atoms with Gasteiger partial charge >= 0.3 is 0 Å². The Morgan fingerprint density at radius 2 is 1.59 bits per heavy atom. The van der Waals surface area contributed by atoms with Crippen molar-refractivity contribution in [2.24, 2.45) is 5.10 Å². The highest BCUT2D eigenvalue weighted by atomic mass is 16.6. The summed E-state index contributed by atoms with van der Waals surface area (Å²) in [5, 5.41) is 29.0. The molecule has 1 aliphatic heterocycles. The summed E-state index contributed by atoms with van der Waals surface area (Å²) in [5.41, 5.74) is 3.81. The lowest BCUT2D eigenvalue weighted by Crippen LogP contribution is -2.31. The predicted molar refractivity (Wildman–Crippen MR) is 127 cm³/mol. The summed E-state index contributed by atoms with van der Waals surface area (Å²) in [6, 6.07) is 12.0. The minimum absolute atomic E-state index is 0.0203. The van der Waals surface area contributed by atoms with Crippen LogP contribution >= 0.6 is 0 Å². The van der Waals surface area contributed by atoms with Crippen LogP contribution in [0.15, 0.2) is 53.6 Å². The van der Waals surface area contributed by atoms with Crippen LogP contribution in [0.3, 0.4) is 0 Å². The largest absolute Gasteiger partial charge is 0.341 e. The molecule has 4 rings (SSSR count). The second-order valence-corrected chi connectivity index (χ2v) is 7.48. The summed E-state index contributed by atoms with van der Waals surface area (Å²) >= 11 is 0. The van der Waals surface area contributed by atoms with Crippen LogP contribution in [0.4, 0.5) is 34.9 Å². The second-order valence-electron chi connectivity index (χ2n) is 7.48. The molecule has 1 saturated heterocycles. The number of nitrogens with zero attached hydrogens (tertiary/aromatic N) is 7. The molecule has 0 unspecified atom stereocenters. The van der Waals surface area contributed by atoms with Crippen molar-refractivity contribution >= 4 is 41.1 Å². The first-order valence-electron chi connectivity index (χ1n) is 10.5. The standard InChI is InChI=1S/C21H21N9O4/c31-29(32)17-9-7-16(8-10-17)23-19-24-20(26-21(25-19)28-11-2-1-3-12-28)27-22-14-15-5-4-6-18(13-15)30(33)34/h4-10,13-14H,1-3,11-12H2,(H2,23,24,25,26,27). The summed E-state index contributed by atoms with van der Waals surface area (Å²) in [4.78, 5) is 36.2. The number of piperidine rings is 1. The van der Waals surface area contributed by atoms with Gasteiger partial charge in [-0.1, -0.05) is 12.1 Å². The monoisotopic (exact) mass is 463 g/mol. The van der Waals surface area contributed by atoms with Crippen molar-refractivity contribution in [2.45, 2.75) is 19.3 Å². The lowest BCUT2D eigenvalue weighted by Gasteiger charge is -2.26. The van der Waals surface area contributed by atoms with Crippen LogP contribution < -0.4 is 15.6 Å². The summed E-state index contributed by atoms with van der Waals surface area (Å²) in [5.74, 6) is 0.909. The molecule has 0 spiro atoms. The van der Waals surface area contributed by atoms with Crippen LogP contribution in [0.5, 0.6) is 0 Å². The normalized spacial score (nSPS) is 13.6. The van der Waals surface area contributed by atoms with Crippen LogP contribution in [-0.2, 0) is 0 Å². The van der Waals surface area contributed by atoms with E-state index in [0.717, 1.165) is 32.4 Å². The van der Waals surface area contributed by atoms with Gasteiger partial charge in [-0.3, -0.25) is 20.2 Å². The Kier molecular flexibility index (Phi) is 6.81. The van der Waals surface area contributed by atoms with Gasteiger partial charge in [0.1, 0.15) is 0 Å². The molecule has 0 bridgehead atoms. The quantitative estimate of drug-likeness (QED) is 0.284. The summed E-state index contributed by atoms with van der Waals surface area (Å²) in [6.45, 7) is 1.63. The zero-order valence-electron chi connectivity index (χ0n) is 18.0. The number of nitro groups is 2. The van der Waals surface area contributed by atoms with Gasteiger partial charge in [-0.25, -0.2) is 5.43 Å². The molecule has 3 aromatic rings. The molecule has 2 heterocycles. The van der Waals surface area contributed by atoms with Gasteiger partial charge < -0.3 is 10.2 Å². The molecule has 1 fully saturated rings. The molecular formula is C21H21N9O4. The lowest BCUT2D eigenvalue weighted by molar-refractivity contribution is -0.385. The fourth-order valence-corrected chi connectivity index (χ4v) is 3.38. The van der Waals surface area contributed by atoms with Crippen molar-refractivity contribution < 1.29 is 9.85 Å². The van der Waals surface area contributed by atoms with Crippen molar-refractivity contribution in [3.05, 3.63) is 74.3 Å². The first-order chi connectivity index (χ1) is 16.5. The van der Waals surface area contributed by atoms with Crippen LogP contribution in [0.2, 0.25) is 0 Å². The van der Waals surface area contributed by atoms with Crippen molar-refractivity contribution in [1.29, 1.82) is 0 Å². The lowest BCUT2D eigenvalue weighted by atomic mass is 10.1. The molecule has 1 aromatic heterocycles. The number of benzene rings is 2. The average Bonchev–Trinajstić information content (AvgIpc) is 2.85. The Bertz CT molecular complexity index is 1210. The van der Waals surface area contributed by atoms with Gasteiger partial charge in [0.2, 0.25) is 17.8 Å². The Morgan fingerprint density at radius 1 is 0.882 bits per heavy atom.